The lowest BCUT2D eigenvalue weighted by molar-refractivity contribution is 0.527. The van der Waals surface area contributed by atoms with E-state index < -0.39 is 0 Å². The van der Waals surface area contributed by atoms with Gasteiger partial charge < -0.3 is 9.73 Å². The molecule has 1 rings (SSSR count). The van der Waals surface area contributed by atoms with Crippen LogP contribution in [-0.2, 0) is 0 Å². The fourth-order valence-corrected chi connectivity index (χ4v) is 2.08. The summed E-state index contributed by atoms with van der Waals surface area (Å²) in [5.41, 5.74) is 0. The van der Waals surface area contributed by atoms with Gasteiger partial charge in [-0.3, -0.25) is 0 Å². The van der Waals surface area contributed by atoms with E-state index in [0.717, 1.165) is 18.1 Å². The summed E-state index contributed by atoms with van der Waals surface area (Å²) in [6.07, 6.45) is 2.96. The molecule has 0 aliphatic carbocycles. The third-order valence-corrected chi connectivity index (χ3v) is 3.17. The van der Waals surface area contributed by atoms with Gasteiger partial charge in [-0.05, 0) is 31.7 Å². The van der Waals surface area contributed by atoms with Crippen molar-refractivity contribution in [2.24, 2.45) is 0 Å². The van der Waals surface area contributed by atoms with E-state index in [0.29, 0.717) is 6.04 Å². The fourth-order valence-electron chi connectivity index (χ4n) is 1.17. The number of thioether (sulfide) groups is 1. The Hall–Kier alpha value is -0.410. The van der Waals surface area contributed by atoms with Gasteiger partial charge in [-0.1, -0.05) is 13.8 Å². The predicted molar refractivity (Wildman–Crippen MR) is 61.9 cm³/mol. The number of furan rings is 1. The largest absolute Gasteiger partial charge is 0.468 e. The average Bonchev–Trinajstić information content (AvgIpc) is 2.51. The summed E-state index contributed by atoms with van der Waals surface area (Å²) in [4.78, 5) is 1.27. The topological polar surface area (TPSA) is 25.2 Å². The highest BCUT2D eigenvalue weighted by Gasteiger charge is 2.00. The van der Waals surface area contributed by atoms with Gasteiger partial charge in [0.05, 0.1) is 6.26 Å². The van der Waals surface area contributed by atoms with Crippen molar-refractivity contribution >= 4 is 11.8 Å². The molecule has 0 unspecified atom stereocenters. The average molecular weight is 213 g/mol. The molecule has 0 amide bonds. The van der Waals surface area contributed by atoms with Crippen LogP contribution in [0.15, 0.2) is 21.6 Å². The predicted octanol–water partition coefficient (Wildman–Crippen LogP) is 3.07. The van der Waals surface area contributed by atoms with E-state index >= 15 is 0 Å². The van der Waals surface area contributed by atoms with Crippen LogP contribution in [0.2, 0.25) is 0 Å². The van der Waals surface area contributed by atoms with Gasteiger partial charge >= 0.3 is 0 Å². The Morgan fingerprint density at radius 3 is 2.86 bits per heavy atom. The zero-order chi connectivity index (χ0) is 10.4. The molecule has 0 bridgehead atoms. The summed E-state index contributed by atoms with van der Waals surface area (Å²) < 4.78 is 5.22. The number of hydrogen-bond donors (Lipinski definition) is 1. The molecule has 1 heterocycles. The molecule has 0 spiro atoms. The van der Waals surface area contributed by atoms with E-state index in [1.54, 1.807) is 6.26 Å². The molecule has 3 heteroatoms. The van der Waals surface area contributed by atoms with Gasteiger partial charge in [-0.25, -0.2) is 0 Å². The van der Waals surface area contributed by atoms with Gasteiger partial charge in [0, 0.05) is 10.9 Å². The molecule has 0 aliphatic rings. The Bertz CT molecular complexity index is 258. The molecule has 1 aromatic rings. The molecule has 0 saturated carbocycles. The molecule has 80 valence electrons. The molecule has 1 aromatic heterocycles. The first-order valence-electron chi connectivity index (χ1n) is 5.10. The Labute approximate surface area is 90.5 Å². The summed E-state index contributed by atoms with van der Waals surface area (Å²) in [6, 6.07) is 2.63. The van der Waals surface area contributed by atoms with Gasteiger partial charge in [0.2, 0.25) is 0 Å². The fraction of sp³-hybridized carbons (Fsp3) is 0.636. The van der Waals surface area contributed by atoms with Crippen LogP contribution >= 0.6 is 11.8 Å². The van der Waals surface area contributed by atoms with Gasteiger partial charge in [0.25, 0.3) is 0 Å². The summed E-state index contributed by atoms with van der Waals surface area (Å²) in [7, 11) is 0. The minimum Gasteiger partial charge on any atom is -0.468 e. The van der Waals surface area contributed by atoms with Crippen LogP contribution in [-0.4, -0.2) is 18.3 Å². The van der Waals surface area contributed by atoms with Crippen molar-refractivity contribution in [1.29, 1.82) is 0 Å². The van der Waals surface area contributed by atoms with Crippen LogP contribution in [0.4, 0.5) is 0 Å². The Balaban J connectivity index is 2.08. The number of rotatable bonds is 6. The lowest BCUT2D eigenvalue weighted by Gasteiger charge is -2.06. The quantitative estimate of drug-likeness (QED) is 0.581. The molecule has 0 aromatic carbocycles. The summed E-state index contributed by atoms with van der Waals surface area (Å²) in [5.74, 6) is 2.19. The van der Waals surface area contributed by atoms with E-state index in [-0.39, 0.29) is 0 Å². The Morgan fingerprint density at radius 2 is 2.29 bits per heavy atom. The summed E-state index contributed by atoms with van der Waals surface area (Å²) in [5, 5.41) is 3.40. The second-order valence-electron chi connectivity index (χ2n) is 3.65. The highest BCUT2D eigenvalue weighted by Crippen LogP contribution is 2.23. The maximum atomic E-state index is 5.22. The molecule has 14 heavy (non-hydrogen) atoms. The van der Waals surface area contributed by atoms with E-state index in [1.165, 1.54) is 11.3 Å². The van der Waals surface area contributed by atoms with Crippen molar-refractivity contribution in [2.45, 2.75) is 38.1 Å². The number of hydrogen-bond acceptors (Lipinski definition) is 3. The van der Waals surface area contributed by atoms with Crippen molar-refractivity contribution in [3.63, 3.8) is 0 Å². The van der Waals surface area contributed by atoms with E-state index in [4.69, 9.17) is 4.42 Å². The van der Waals surface area contributed by atoms with Gasteiger partial charge in [0.15, 0.2) is 0 Å². The van der Waals surface area contributed by atoms with E-state index in [1.807, 2.05) is 24.8 Å². The standard InChI is InChI=1S/C11H19NOS/c1-9(2)12-6-4-8-14-11-5-7-13-10(11)3/h5,7,9,12H,4,6,8H2,1-3H3. The van der Waals surface area contributed by atoms with Crippen LogP contribution < -0.4 is 5.32 Å². The lowest BCUT2D eigenvalue weighted by atomic mass is 10.4. The van der Waals surface area contributed by atoms with Crippen LogP contribution in [0.25, 0.3) is 0 Å². The smallest absolute Gasteiger partial charge is 0.114 e. The third kappa shape index (κ3) is 4.20. The molecule has 0 radical (unpaired) electrons. The lowest BCUT2D eigenvalue weighted by Crippen LogP contribution is -2.23. The minimum absolute atomic E-state index is 0.593. The normalized spacial score (nSPS) is 11.1. The van der Waals surface area contributed by atoms with Crippen molar-refractivity contribution in [1.82, 2.24) is 5.32 Å². The summed E-state index contributed by atoms with van der Waals surface area (Å²) in [6.45, 7) is 7.46. The maximum Gasteiger partial charge on any atom is 0.114 e. The molecular weight excluding hydrogens is 194 g/mol. The van der Waals surface area contributed by atoms with Crippen LogP contribution in [0.1, 0.15) is 26.0 Å². The first-order chi connectivity index (χ1) is 6.70. The van der Waals surface area contributed by atoms with E-state index in [2.05, 4.69) is 19.2 Å². The molecular formula is C11H19NOS. The maximum absolute atomic E-state index is 5.22. The highest BCUT2D eigenvalue weighted by molar-refractivity contribution is 7.99. The van der Waals surface area contributed by atoms with Crippen molar-refractivity contribution in [2.75, 3.05) is 12.3 Å². The number of aryl methyl sites for hydroxylation is 1. The molecule has 1 N–H and O–H groups in total. The zero-order valence-corrected chi connectivity index (χ0v) is 9.99. The second-order valence-corrected chi connectivity index (χ2v) is 4.79. The third-order valence-electron chi connectivity index (χ3n) is 1.94. The van der Waals surface area contributed by atoms with Crippen LogP contribution in [0.5, 0.6) is 0 Å². The Morgan fingerprint density at radius 1 is 1.50 bits per heavy atom. The molecule has 2 nitrogen and oxygen atoms in total. The minimum atomic E-state index is 0.593. The van der Waals surface area contributed by atoms with Crippen molar-refractivity contribution in [3.8, 4) is 0 Å². The number of nitrogens with one attached hydrogen (secondary N) is 1. The van der Waals surface area contributed by atoms with E-state index in [9.17, 15) is 0 Å². The highest BCUT2D eigenvalue weighted by atomic mass is 32.2. The van der Waals surface area contributed by atoms with Crippen molar-refractivity contribution in [3.05, 3.63) is 18.1 Å². The van der Waals surface area contributed by atoms with Crippen LogP contribution in [0, 0.1) is 6.92 Å². The first-order valence-corrected chi connectivity index (χ1v) is 6.09. The van der Waals surface area contributed by atoms with Gasteiger partial charge in [-0.2, -0.15) is 0 Å². The molecule has 0 fully saturated rings. The second kappa shape index (κ2) is 6.14. The SMILES string of the molecule is Cc1occc1SCCCNC(C)C. The van der Waals surface area contributed by atoms with Crippen molar-refractivity contribution < 1.29 is 4.42 Å². The molecule has 0 atom stereocenters. The van der Waals surface area contributed by atoms with Gasteiger partial charge in [0.1, 0.15) is 5.76 Å². The van der Waals surface area contributed by atoms with Crippen LogP contribution in [0.3, 0.4) is 0 Å². The molecule has 0 saturated heterocycles. The summed E-state index contributed by atoms with van der Waals surface area (Å²) >= 11 is 1.87. The Kier molecular flexibility index (Phi) is 5.12. The first kappa shape index (κ1) is 11.7. The molecule has 0 aliphatic heterocycles. The zero-order valence-electron chi connectivity index (χ0n) is 9.17. The monoisotopic (exact) mass is 213 g/mol. The van der Waals surface area contributed by atoms with Gasteiger partial charge in [-0.15, -0.1) is 11.8 Å².